The fraction of sp³-hybridized carbons (Fsp3) is 0.182. The number of rotatable bonds is 3. The number of nitrogens with one attached hydrogen (secondary N) is 1. The highest BCUT2D eigenvalue weighted by Crippen LogP contribution is 2.28. The Labute approximate surface area is 108 Å². The van der Waals surface area contributed by atoms with Crippen molar-refractivity contribution in [2.75, 3.05) is 11.2 Å². The number of halogens is 1. The summed E-state index contributed by atoms with van der Waals surface area (Å²) >= 11 is 6.83. The van der Waals surface area contributed by atoms with Crippen molar-refractivity contribution in [3.05, 3.63) is 29.3 Å². The molecule has 0 saturated carbocycles. The van der Waals surface area contributed by atoms with Crippen LogP contribution in [0.1, 0.15) is 4.88 Å². The SMILES string of the molecule is Cc1sc(NC(=O)CCl)nc1-c1ccccn1. The summed E-state index contributed by atoms with van der Waals surface area (Å²) < 4.78 is 0. The minimum atomic E-state index is -0.256. The Kier molecular flexibility index (Phi) is 3.71. The molecule has 88 valence electrons. The molecule has 0 spiro atoms. The third kappa shape index (κ3) is 2.81. The molecule has 0 aromatic carbocycles. The van der Waals surface area contributed by atoms with E-state index in [0.717, 1.165) is 16.3 Å². The molecule has 0 unspecified atom stereocenters. The summed E-state index contributed by atoms with van der Waals surface area (Å²) in [7, 11) is 0. The zero-order valence-electron chi connectivity index (χ0n) is 9.11. The van der Waals surface area contributed by atoms with Crippen molar-refractivity contribution >= 4 is 34.0 Å². The topological polar surface area (TPSA) is 54.9 Å². The lowest BCUT2D eigenvalue weighted by Crippen LogP contribution is -2.12. The molecule has 0 atom stereocenters. The third-order valence-corrected chi connectivity index (χ3v) is 3.20. The van der Waals surface area contributed by atoms with Crippen molar-refractivity contribution < 1.29 is 4.79 Å². The number of aromatic nitrogens is 2. The zero-order valence-corrected chi connectivity index (χ0v) is 10.7. The molecule has 4 nitrogen and oxygen atoms in total. The molecule has 0 aliphatic heterocycles. The summed E-state index contributed by atoms with van der Waals surface area (Å²) in [5, 5.41) is 3.18. The van der Waals surface area contributed by atoms with Crippen LogP contribution in [0.15, 0.2) is 24.4 Å². The highest BCUT2D eigenvalue weighted by Gasteiger charge is 2.11. The maximum absolute atomic E-state index is 11.1. The number of carbonyl (C=O) groups is 1. The molecule has 6 heteroatoms. The number of nitrogens with zero attached hydrogens (tertiary/aromatic N) is 2. The monoisotopic (exact) mass is 267 g/mol. The Morgan fingerprint density at radius 2 is 2.35 bits per heavy atom. The smallest absolute Gasteiger partial charge is 0.241 e. The molecule has 0 aliphatic rings. The van der Waals surface area contributed by atoms with Gasteiger partial charge >= 0.3 is 0 Å². The second-order valence-corrected chi connectivity index (χ2v) is 4.79. The van der Waals surface area contributed by atoms with E-state index in [0.29, 0.717) is 5.13 Å². The highest BCUT2D eigenvalue weighted by atomic mass is 35.5. The van der Waals surface area contributed by atoms with Gasteiger partial charge in [0.1, 0.15) is 11.6 Å². The van der Waals surface area contributed by atoms with Gasteiger partial charge in [0.2, 0.25) is 5.91 Å². The lowest BCUT2D eigenvalue weighted by molar-refractivity contribution is -0.113. The molecule has 0 bridgehead atoms. The Morgan fingerprint density at radius 3 is 3.00 bits per heavy atom. The molecular formula is C11H10ClN3OS. The van der Waals surface area contributed by atoms with Gasteiger partial charge in [-0.2, -0.15) is 0 Å². The van der Waals surface area contributed by atoms with Crippen LogP contribution in [0.3, 0.4) is 0 Å². The molecule has 2 heterocycles. The van der Waals surface area contributed by atoms with Crippen LogP contribution in [0.4, 0.5) is 5.13 Å². The first-order chi connectivity index (χ1) is 8.20. The van der Waals surface area contributed by atoms with Gasteiger partial charge in [0.25, 0.3) is 0 Å². The fourth-order valence-electron chi connectivity index (χ4n) is 1.34. The predicted octanol–water partition coefficient (Wildman–Crippen LogP) is 2.69. The van der Waals surface area contributed by atoms with Gasteiger partial charge in [0, 0.05) is 11.1 Å². The van der Waals surface area contributed by atoms with E-state index in [1.54, 1.807) is 6.20 Å². The second kappa shape index (κ2) is 5.25. The van der Waals surface area contributed by atoms with E-state index in [1.165, 1.54) is 11.3 Å². The van der Waals surface area contributed by atoms with Crippen LogP contribution in [0, 0.1) is 6.92 Å². The van der Waals surface area contributed by atoms with Crippen LogP contribution in [0.2, 0.25) is 0 Å². The standard InChI is InChI=1S/C11H10ClN3OS/c1-7-10(8-4-2-3-5-13-8)15-11(17-7)14-9(16)6-12/h2-5H,6H2,1H3,(H,14,15,16). The summed E-state index contributed by atoms with van der Waals surface area (Å²) in [6, 6.07) is 5.63. The molecule has 1 N–H and O–H groups in total. The first-order valence-electron chi connectivity index (χ1n) is 4.95. The van der Waals surface area contributed by atoms with Gasteiger partial charge in [-0.05, 0) is 19.1 Å². The molecule has 0 radical (unpaired) electrons. The van der Waals surface area contributed by atoms with Crippen LogP contribution in [-0.4, -0.2) is 21.8 Å². The Hall–Kier alpha value is -1.46. The maximum Gasteiger partial charge on any atom is 0.241 e. The molecule has 0 fully saturated rings. The van der Waals surface area contributed by atoms with Crippen molar-refractivity contribution in [3.8, 4) is 11.4 Å². The van der Waals surface area contributed by atoms with Crippen molar-refractivity contribution in [3.63, 3.8) is 0 Å². The average Bonchev–Trinajstić information content (AvgIpc) is 2.71. The minimum Gasteiger partial charge on any atom is -0.301 e. The second-order valence-electron chi connectivity index (χ2n) is 3.32. The largest absolute Gasteiger partial charge is 0.301 e. The van der Waals surface area contributed by atoms with Crippen LogP contribution >= 0.6 is 22.9 Å². The maximum atomic E-state index is 11.1. The average molecular weight is 268 g/mol. The number of anilines is 1. The van der Waals surface area contributed by atoms with E-state index in [4.69, 9.17) is 11.6 Å². The molecule has 2 aromatic rings. The Morgan fingerprint density at radius 1 is 1.53 bits per heavy atom. The van der Waals surface area contributed by atoms with Crippen molar-refractivity contribution in [1.29, 1.82) is 0 Å². The van der Waals surface area contributed by atoms with Crippen LogP contribution < -0.4 is 5.32 Å². The van der Waals surface area contributed by atoms with Crippen LogP contribution in [-0.2, 0) is 4.79 Å². The number of hydrogen-bond acceptors (Lipinski definition) is 4. The summed E-state index contributed by atoms with van der Waals surface area (Å²) in [4.78, 5) is 20.7. The van der Waals surface area contributed by atoms with E-state index in [1.807, 2.05) is 25.1 Å². The van der Waals surface area contributed by atoms with E-state index >= 15 is 0 Å². The lowest BCUT2D eigenvalue weighted by atomic mass is 10.2. The summed E-state index contributed by atoms with van der Waals surface area (Å²) in [6.07, 6.45) is 1.71. The predicted molar refractivity (Wildman–Crippen MR) is 69.4 cm³/mol. The molecule has 2 aromatic heterocycles. The Bertz CT molecular complexity index is 527. The van der Waals surface area contributed by atoms with E-state index in [9.17, 15) is 4.79 Å². The molecule has 0 saturated heterocycles. The summed E-state index contributed by atoms with van der Waals surface area (Å²) in [6.45, 7) is 1.94. The number of thiazole rings is 1. The van der Waals surface area contributed by atoms with Crippen LogP contribution in [0.25, 0.3) is 11.4 Å². The van der Waals surface area contributed by atoms with Gasteiger partial charge in [0.15, 0.2) is 5.13 Å². The first kappa shape index (κ1) is 12.0. The molecule has 17 heavy (non-hydrogen) atoms. The minimum absolute atomic E-state index is 0.0719. The summed E-state index contributed by atoms with van der Waals surface area (Å²) in [5.41, 5.74) is 1.59. The lowest BCUT2D eigenvalue weighted by Gasteiger charge is -1.96. The van der Waals surface area contributed by atoms with E-state index < -0.39 is 0 Å². The Balaban J connectivity index is 2.28. The molecular weight excluding hydrogens is 258 g/mol. The zero-order chi connectivity index (χ0) is 12.3. The number of amides is 1. The van der Waals surface area contributed by atoms with Gasteiger partial charge in [-0.15, -0.1) is 22.9 Å². The number of pyridine rings is 1. The number of hydrogen-bond donors (Lipinski definition) is 1. The summed E-state index contributed by atoms with van der Waals surface area (Å²) in [5.74, 6) is -0.328. The molecule has 0 aliphatic carbocycles. The molecule has 1 amide bonds. The van der Waals surface area contributed by atoms with E-state index in [2.05, 4.69) is 15.3 Å². The van der Waals surface area contributed by atoms with Crippen molar-refractivity contribution in [2.45, 2.75) is 6.92 Å². The van der Waals surface area contributed by atoms with Crippen molar-refractivity contribution in [1.82, 2.24) is 9.97 Å². The van der Waals surface area contributed by atoms with Gasteiger partial charge in [-0.1, -0.05) is 6.07 Å². The van der Waals surface area contributed by atoms with Gasteiger partial charge in [-0.25, -0.2) is 4.98 Å². The van der Waals surface area contributed by atoms with Gasteiger partial charge in [-0.3, -0.25) is 9.78 Å². The molecule has 2 rings (SSSR count). The fourth-order valence-corrected chi connectivity index (χ4v) is 2.25. The first-order valence-corrected chi connectivity index (χ1v) is 6.30. The van der Waals surface area contributed by atoms with E-state index in [-0.39, 0.29) is 11.8 Å². The number of alkyl halides is 1. The van der Waals surface area contributed by atoms with Crippen LogP contribution in [0.5, 0.6) is 0 Å². The number of aryl methyl sites for hydroxylation is 1. The quantitative estimate of drug-likeness (QED) is 0.870. The van der Waals surface area contributed by atoms with Gasteiger partial charge < -0.3 is 5.32 Å². The number of carbonyl (C=O) groups excluding carboxylic acids is 1. The third-order valence-electron chi connectivity index (χ3n) is 2.07. The van der Waals surface area contributed by atoms with Crippen molar-refractivity contribution in [2.24, 2.45) is 0 Å². The normalized spacial score (nSPS) is 10.2. The van der Waals surface area contributed by atoms with Gasteiger partial charge in [0.05, 0.1) is 5.69 Å². The highest BCUT2D eigenvalue weighted by molar-refractivity contribution is 7.16.